The van der Waals surface area contributed by atoms with Crippen LogP contribution in [0.25, 0.3) is 0 Å². The number of hydrogen-bond donors (Lipinski definition) is 1. The Hall–Kier alpha value is -0.770. The number of piperidine rings is 1. The molecule has 1 saturated heterocycles. The third kappa shape index (κ3) is 3.37. The van der Waals surface area contributed by atoms with Crippen LogP contribution in [0.2, 0.25) is 0 Å². The number of methoxy groups -OCH3 is 1. The van der Waals surface area contributed by atoms with E-state index in [2.05, 4.69) is 11.8 Å². The van der Waals surface area contributed by atoms with Crippen LogP contribution in [0.3, 0.4) is 0 Å². The number of nitrogens with two attached hydrogens (primary N) is 1. The van der Waals surface area contributed by atoms with Gasteiger partial charge in [0.15, 0.2) is 5.96 Å². The Labute approximate surface area is 111 Å². The molecule has 0 amide bonds. The van der Waals surface area contributed by atoms with Crippen LogP contribution < -0.4 is 5.73 Å². The highest BCUT2D eigenvalue weighted by Gasteiger charge is 2.27. The standard InChI is InChI=1S/C14H27N3O/c1-11-8-9-17(10-13(11)18-2)14(15)16-12-6-4-3-5-7-12/h11-13H,3-10H2,1-2H3,(H2,15,16). The van der Waals surface area contributed by atoms with Crippen molar-refractivity contribution in [3.63, 3.8) is 0 Å². The molecular formula is C14H27N3O. The first-order valence-electron chi connectivity index (χ1n) is 7.31. The predicted octanol–water partition coefficient (Wildman–Crippen LogP) is 1.99. The molecule has 2 N–H and O–H groups in total. The number of nitrogens with zero attached hydrogens (tertiary/aromatic N) is 2. The van der Waals surface area contributed by atoms with Crippen molar-refractivity contribution >= 4 is 5.96 Å². The second-order valence-electron chi connectivity index (χ2n) is 5.77. The van der Waals surface area contributed by atoms with Crippen LogP contribution in [0, 0.1) is 5.92 Å². The third-order valence-electron chi connectivity index (χ3n) is 4.41. The molecule has 1 saturated carbocycles. The molecule has 1 heterocycles. The number of likely N-dealkylation sites (tertiary alicyclic amines) is 1. The Morgan fingerprint density at radius 3 is 2.61 bits per heavy atom. The van der Waals surface area contributed by atoms with Gasteiger partial charge in [0, 0.05) is 20.2 Å². The zero-order valence-corrected chi connectivity index (χ0v) is 11.8. The minimum absolute atomic E-state index is 0.291. The largest absolute Gasteiger partial charge is 0.379 e. The van der Waals surface area contributed by atoms with Crippen molar-refractivity contribution in [2.24, 2.45) is 16.6 Å². The normalized spacial score (nSPS) is 31.7. The maximum absolute atomic E-state index is 6.16. The molecule has 2 aliphatic rings. The third-order valence-corrected chi connectivity index (χ3v) is 4.41. The van der Waals surface area contributed by atoms with E-state index in [1.165, 1.54) is 32.1 Å². The van der Waals surface area contributed by atoms with E-state index in [0.717, 1.165) is 25.5 Å². The van der Waals surface area contributed by atoms with Crippen LogP contribution in [0.5, 0.6) is 0 Å². The van der Waals surface area contributed by atoms with Gasteiger partial charge in [0.2, 0.25) is 0 Å². The SMILES string of the molecule is COC1CN(C(N)=NC2CCCCC2)CCC1C. The Morgan fingerprint density at radius 1 is 1.22 bits per heavy atom. The van der Waals surface area contributed by atoms with Crippen LogP contribution in [-0.2, 0) is 4.74 Å². The first-order valence-corrected chi connectivity index (χ1v) is 7.31. The van der Waals surface area contributed by atoms with E-state index < -0.39 is 0 Å². The molecule has 0 aromatic heterocycles. The lowest BCUT2D eigenvalue weighted by Crippen LogP contribution is -2.49. The number of rotatable bonds is 2. The van der Waals surface area contributed by atoms with E-state index >= 15 is 0 Å². The van der Waals surface area contributed by atoms with Gasteiger partial charge in [0.05, 0.1) is 12.1 Å². The highest BCUT2D eigenvalue weighted by atomic mass is 16.5. The average Bonchev–Trinajstić information content (AvgIpc) is 2.40. The summed E-state index contributed by atoms with van der Waals surface area (Å²) in [6, 6.07) is 0.457. The summed E-state index contributed by atoms with van der Waals surface area (Å²) in [5.41, 5.74) is 6.16. The molecule has 1 aliphatic carbocycles. The molecule has 18 heavy (non-hydrogen) atoms. The van der Waals surface area contributed by atoms with Gasteiger partial charge in [0.25, 0.3) is 0 Å². The monoisotopic (exact) mass is 253 g/mol. The Morgan fingerprint density at radius 2 is 1.94 bits per heavy atom. The van der Waals surface area contributed by atoms with Gasteiger partial charge < -0.3 is 15.4 Å². The van der Waals surface area contributed by atoms with Crippen molar-refractivity contribution in [1.29, 1.82) is 0 Å². The van der Waals surface area contributed by atoms with Gasteiger partial charge in [-0.05, 0) is 25.2 Å². The van der Waals surface area contributed by atoms with Gasteiger partial charge in [-0.1, -0.05) is 26.2 Å². The summed E-state index contributed by atoms with van der Waals surface area (Å²) in [5, 5.41) is 0. The molecule has 2 atom stereocenters. The average molecular weight is 253 g/mol. The fourth-order valence-electron chi connectivity index (χ4n) is 3.03. The lowest BCUT2D eigenvalue weighted by molar-refractivity contribution is 0.0144. The molecule has 4 nitrogen and oxygen atoms in total. The van der Waals surface area contributed by atoms with Crippen molar-refractivity contribution in [3.8, 4) is 0 Å². The first kappa shape index (κ1) is 13.7. The van der Waals surface area contributed by atoms with E-state index in [9.17, 15) is 0 Å². The van der Waals surface area contributed by atoms with Gasteiger partial charge >= 0.3 is 0 Å². The Kier molecular flexibility index (Phi) is 4.87. The molecule has 0 aromatic rings. The zero-order valence-electron chi connectivity index (χ0n) is 11.8. The minimum atomic E-state index is 0.291. The highest BCUT2D eigenvalue weighted by Crippen LogP contribution is 2.22. The summed E-state index contributed by atoms with van der Waals surface area (Å²) in [6.07, 6.45) is 7.81. The summed E-state index contributed by atoms with van der Waals surface area (Å²) in [7, 11) is 1.79. The van der Waals surface area contributed by atoms with Gasteiger partial charge in [-0.25, -0.2) is 4.99 Å². The molecule has 0 aromatic carbocycles. The van der Waals surface area contributed by atoms with Gasteiger partial charge in [-0.3, -0.25) is 0 Å². The van der Waals surface area contributed by atoms with Crippen molar-refractivity contribution in [2.45, 2.75) is 57.6 Å². The van der Waals surface area contributed by atoms with Crippen molar-refractivity contribution in [1.82, 2.24) is 4.90 Å². The van der Waals surface area contributed by atoms with Gasteiger partial charge in [-0.2, -0.15) is 0 Å². The summed E-state index contributed by atoms with van der Waals surface area (Å²) in [5.74, 6) is 1.35. The summed E-state index contributed by atoms with van der Waals surface area (Å²) < 4.78 is 5.52. The molecule has 2 rings (SSSR count). The molecule has 4 heteroatoms. The number of aliphatic imine (C=N–C) groups is 1. The first-order chi connectivity index (χ1) is 8.70. The zero-order chi connectivity index (χ0) is 13.0. The van der Waals surface area contributed by atoms with E-state index in [1.54, 1.807) is 7.11 Å². The van der Waals surface area contributed by atoms with Crippen LogP contribution in [0.15, 0.2) is 4.99 Å². The van der Waals surface area contributed by atoms with E-state index in [1.807, 2.05) is 0 Å². The minimum Gasteiger partial charge on any atom is -0.379 e. The van der Waals surface area contributed by atoms with E-state index in [-0.39, 0.29) is 0 Å². The maximum atomic E-state index is 6.16. The van der Waals surface area contributed by atoms with Crippen LogP contribution in [-0.4, -0.2) is 43.2 Å². The highest BCUT2D eigenvalue weighted by molar-refractivity contribution is 5.78. The maximum Gasteiger partial charge on any atom is 0.191 e. The van der Waals surface area contributed by atoms with Crippen LogP contribution in [0.4, 0.5) is 0 Å². The number of hydrogen-bond acceptors (Lipinski definition) is 2. The Bertz CT molecular complexity index is 287. The lowest BCUT2D eigenvalue weighted by atomic mass is 9.95. The van der Waals surface area contributed by atoms with Crippen molar-refractivity contribution in [3.05, 3.63) is 0 Å². The van der Waals surface area contributed by atoms with E-state index in [0.29, 0.717) is 18.1 Å². The quantitative estimate of drug-likeness (QED) is 0.605. The molecule has 104 valence electrons. The van der Waals surface area contributed by atoms with Crippen molar-refractivity contribution in [2.75, 3.05) is 20.2 Å². The predicted molar refractivity (Wildman–Crippen MR) is 74.6 cm³/mol. The summed E-state index contributed by atoms with van der Waals surface area (Å²) >= 11 is 0. The molecule has 1 aliphatic heterocycles. The molecule has 2 unspecified atom stereocenters. The molecule has 0 radical (unpaired) electrons. The van der Waals surface area contributed by atoms with E-state index in [4.69, 9.17) is 15.5 Å². The fourth-order valence-corrected chi connectivity index (χ4v) is 3.03. The van der Waals surface area contributed by atoms with Gasteiger partial charge in [0.1, 0.15) is 0 Å². The lowest BCUT2D eigenvalue weighted by Gasteiger charge is -2.37. The summed E-state index contributed by atoms with van der Waals surface area (Å²) in [4.78, 5) is 6.92. The Balaban J connectivity index is 1.91. The smallest absolute Gasteiger partial charge is 0.191 e. The molecule has 2 fully saturated rings. The fraction of sp³-hybridized carbons (Fsp3) is 0.929. The topological polar surface area (TPSA) is 50.9 Å². The second kappa shape index (κ2) is 6.41. The van der Waals surface area contributed by atoms with Crippen LogP contribution in [0.1, 0.15) is 45.4 Å². The molecule has 0 spiro atoms. The summed E-state index contributed by atoms with van der Waals surface area (Å²) in [6.45, 7) is 4.16. The number of ether oxygens (including phenoxy) is 1. The van der Waals surface area contributed by atoms with Crippen LogP contribution >= 0.6 is 0 Å². The van der Waals surface area contributed by atoms with Gasteiger partial charge in [-0.15, -0.1) is 0 Å². The molecular weight excluding hydrogens is 226 g/mol. The molecule has 0 bridgehead atoms. The van der Waals surface area contributed by atoms with Crippen molar-refractivity contribution < 1.29 is 4.74 Å². The number of guanidine groups is 1. The second-order valence-corrected chi connectivity index (χ2v) is 5.77.